The third kappa shape index (κ3) is 3.16. The predicted octanol–water partition coefficient (Wildman–Crippen LogP) is 14.9. The zero-order valence-corrected chi connectivity index (χ0v) is 28.2. The Morgan fingerprint density at radius 1 is 0.212 bits per heavy atom. The minimum Gasteiger partial charge on any atom is -0.0622 e. The molecule has 13 aromatic rings. The van der Waals surface area contributed by atoms with Crippen LogP contribution in [0.4, 0.5) is 0 Å². The molecule has 0 spiro atoms. The maximum Gasteiger partial charge on any atom is -0.000695 e. The fraction of sp³-hybridized carbons (Fsp3) is 0. The van der Waals surface area contributed by atoms with Gasteiger partial charge in [0.1, 0.15) is 0 Å². The number of benzene rings is 11. The van der Waals surface area contributed by atoms with Crippen molar-refractivity contribution in [3.63, 3.8) is 0 Å². The molecule has 0 N–H and O–H groups in total. The molecular formula is C52H28. The molecule has 0 amide bonds. The molecule has 0 saturated heterocycles. The maximum absolute atomic E-state index is 2.47. The monoisotopic (exact) mass is 652 g/mol. The van der Waals surface area contributed by atoms with Crippen molar-refractivity contribution in [2.75, 3.05) is 0 Å². The number of hydrogen-bond donors (Lipinski definition) is 0. The van der Waals surface area contributed by atoms with Crippen LogP contribution in [0.1, 0.15) is 0 Å². The van der Waals surface area contributed by atoms with Gasteiger partial charge in [-0.1, -0.05) is 164 Å². The molecule has 0 fully saturated rings. The molecule has 0 unspecified atom stereocenters. The van der Waals surface area contributed by atoms with Crippen molar-refractivity contribution >= 4 is 108 Å². The Kier molecular flexibility index (Phi) is 4.94. The lowest BCUT2D eigenvalue weighted by molar-refractivity contribution is 1.66. The van der Waals surface area contributed by atoms with Crippen LogP contribution in [0.25, 0.3) is 130 Å². The summed E-state index contributed by atoms with van der Waals surface area (Å²) in [4.78, 5) is 0. The van der Waals surface area contributed by atoms with Gasteiger partial charge in [0.15, 0.2) is 0 Å². The first kappa shape index (κ1) is 27.0. The lowest BCUT2D eigenvalue weighted by Crippen LogP contribution is -1.94. The van der Waals surface area contributed by atoms with E-state index in [4.69, 9.17) is 0 Å². The minimum atomic E-state index is 1.24. The Morgan fingerprint density at radius 3 is 1.35 bits per heavy atom. The molecule has 13 rings (SSSR count). The highest BCUT2D eigenvalue weighted by molar-refractivity contribution is 6.52. The average Bonchev–Trinajstić information content (AvgIpc) is 3.71. The highest BCUT2D eigenvalue weighted by atomic mass is 14.3. The van der Waals surface area contributed by atoms with Crippen LogP contribution in [0.5, 0.6) is 0 Å². The smallest absolute Gasteiger partial charge is 0.000695 e. The van der Waals surface area contributed by atoms with Gasteiger partial charge in [0.25, 0.3) is 0 Å². The molecule has 0 nitrogen and oxygen atoms in total. The van der Waals surface area contributed by atoms with Gasteiger partial charge in [0, 0.05) is 0 Å². The van der Waals surface area contributed by atoms with Crippen LogP contribution < -0.4 is 0 Å². The van der Waals surface area contributed by atoms with E-state index in [-0.39, 0.29) is 0 Å². The van der Waals surface area contributed by atoms with Gasteiger partial charge < -0.3 is 0 Å². The fourth-order valence-corrected chi connectivity index (χ4v) is 10.3. The Bertz CT molecular complexity index is 3580. The Hall–Kier alpha value is -6.76. The van der Waals surface area contributed by atoms with Crippen molar-refractivity contribution in [2.45, 2.75) is 0 Å². The molecule has 0 aliphatic carbocycles. The first-order chi connectivity index (χ1) is 25.8. The van der Waals surface area contributed by atoms with E-state index in [1.54, 1.807) is 0 Å². The molecule has 13 aromatic carbocycles. The average molecular weight is 653 g/mol. The second-order valence-electron chi connectivity index (χ2n) is 14.6. The summed E-state index contributed by atoms with van der Waals surface area (Å²) in [6.45, 7) is 0. The van der Waals surface area contributed by atoms with E-state index in [9.17, 15) is 0 Å². The van der Waals surface area contributed by atoms with Crippen molar-refractivity contribution in [3.8, 4) is 22.3 Å². The van der Waals surface area contributed by atoms with Crippen LogP contribution in [0.2, 0.25) is 0 Å². The molecule has 0 bridgehead atoms. The molecule has 0 radical (unpaired) electrons. The summed E-state index contributed by atoms with van der Waals surface area (Å²) >= 11 is 0. The van der Waals surface area contributed by atoms with E-state index in [0.29, 0.717) is 0 Å². The molecule has 0 saturated carbocycles. The van der Waals surface area contributed by atoms with E-state index in [1.165, 1.54) is 130 Å². The zero-order chi connectivity index (χ0) is 33.7. The molecule has 236 valence electrons. The highest BCUT2D eigenvalue weighted by Crippen LogP contribution is 2.56. The SMILES string of the molecule is c1ccc(-c2ccc3c4c2c(-c2ccccc2)c2c5cccc6cccc(c65)c2c4c2cccc4cc5c6cccc7cccc(c76)c5c3c42)cc1. The summed E-state index contributed by atoms with van der Waals surface area (Å²) in [5.74, 6) is 0. The molecule has 0 aliphatic heterocycles. The summed E-state index contributed by atoms with van der Waals surface area (Å²) < 4.78 is 0. The topological polar surface area (TPSA) is 0 Å². The van der Waals surface area contributed by atoms with E-state index >= 15 is 0 Å². The fourth-order valence-electron chi connectivity index (χ4n) is 10.3. The zero-order valence-electron chi connectivity index (χ0n) is 28.2. The molecule has 0 heterocycles. The molecule has 0 atom stereocenters. The van der Waals surface area contributed by atoms with Crippen molar-refractivity contribution in [3.05, 3.63) is 170 Å². The summed E-state index contributed by atoms with van der Waals surface area (Å²) in [5.41, 5.74) is 5.10. The second-order valence-corrected chi connectivity index (χ2v) is 14.6. The molecule has 0 heteroatoms. The van der Waals surface area contributed by atoms with Gasteiger partial charge in [-0.05, 0) is 136 Å². The van der Waals surface area contributed by atoms with Crippen LogP contribution in [0.15, 0.2) is 170 Å². The first-order valence-corrected chi connectivity index (χ1v) is 18.3. The quantitative estimate of drug-likeness (QED) is 0.129. The predicted molar refractivity (Wildman–Crippen MR) is 226 cm³/mol. The lowest BCUT2D eigenvalue weighted by Gasteiger charge is -2.22. The van der Waals surface area contributed by atoms with Gasteiger partial charge in [-0.25, -0.2) is 0 Å². The van der Waals surface area contributed by atoms with Crippen LogP contribution in [0.3, 0.4) is 0 Å². The highest BCUT2D eigenvalue weighted by Gasteiger charge is 2.28. The van der Waals surface area contributed by atoms with Gasteiger partial charge in [0.05, 0.1) is 0 Å². The second kappa shape index (κ2) is 9.51. The summed E-state index contributed by atoms with van der Waals surface area (Å²) in [6.07, 6.45) is 0. The largest absolute Gasteiger partial charge is 0.0622 e. The first-order valence-electron chi connectivity index (χ1n) is 18.3. The van der Waals surface area contributed by atoms with E-state index < -0.39 is 0 Å². The van der Waals surface area contributed by atoms with E-state index in [1.807, 2.05) is 0 Å². The standard InChI is InChI=1S/C52H28/c1-3-12-29(13-4-1)34-26-27-40-48-44-33(28-41-35-21-7-16-30-17-8-22-36(42(30)35)46(41)48)20-11-25-39(44)51-50-38-24-10-19-31-18-9-23-37(43(31)38)49(50)45(47(34)52(40)51)32-14-5-2-6-15-32/h1-28H. The number of rotatable bonds is 2. The Labute approximate surface area is 298 Å². The Balaban J connectivity index is 1.44. The van der Waals surface area contributed by atoms with E-state index in [2.05, 4.69) is 170 Å². The third-order valence-corrected chi connectivity index (χ3v) is 12.2. The molecule has 0 aliphatic rings. The van der Waals surface area contributed by atoms with Crippen LogP contribution in [-0.4, -0.2) is 0 Å². The van der Waals surface area contributed by atoms with Gasteiger partial charge in [-0.15, -0.1) is 0 Å². The minimum absolute atomic E-state index is 1.24. The van der Waals surface area contributed by atoms with Gasteiger partial charge in [0.2, 0.25) is 0 Å². The van der Waals surface area contributed by atoms with Crippen molar-refractivity contribution in [1.29, 1.82) is 0 Å². The summed E-state index contributed by atoms with van der Waals surface area (Å²) in [6, 6.07) is 64.0. The van der Waals surface area contributed by atoms with E-state index in [0.717, 1.165) is 0 Å². The van der Waals surface area contributed by atoms with Crippen molar-refractivity contribution < 1.29 is 0 Å². The number of fused-ring (bicyclic) bond motifs is 10. The van der Waals surface area contributed by atoms with Gasteiger partial charge in [-0.2, -0.15) is 0 Å². The van der Waals surface area contributed by atoms with Crippen molar-refractivity contribution in [2.24, 2.45) is 0 Å². The molecule has 0 aromatic heterocycles. The van der Waals surface area contributed by atoms with Crippen LogP contribution in [0, 0.1) is 0 Å². The number of hydrogen-bond acceptors (Lipinski definition) is 0. The normalized spacial score (nSPS) is 12.6. The van der Waals surface area contributed by atoms with Gasteiger partial charge >= 0.3 is 0 Å². The lowest BCUT2D eigenvalue weighted by atomic mass is 9.80. The maximum atomic E-state index is 2.47. The summed E-state index contributed by atoms with van der Waals surface area (Å²) in [5, 5.41) is 26.9. The van der Waals surface area contributed by atoms with Crippen LogP contribution in [-0.2, 0) is 0 Å². The summed E-state index contributed by atoms with van der Waals surface area (Å²) in [7, 11) is 0. The Morgan fingerprint density at radius 2 is 0.673 bits per heavy atom. The molecule has 52 heavy (non-hydrogen) atoms. The van der Waals surface area contributed by atoms with Crippen molar-refractivity contribution in [1.82, 2.24) is 0 Å². The van der Waals surface area contributed by atoms with Gasteiger partial charge in [-0.3, -0.25) is 0 Å². The van der Waals surface area contributed by atoms with Crippen LogP contribution >= 0.6 is 0 Å². The third-order valence-electron chi connectivity index (χ3n) is 12.2. The molecular weight excluding hydrogens is 625 g/mol.